The van der Waals surface area contributed by atoms with Gasteiger partial charge in [0, 0.05) is 44.6 Å². The topological polar surface area (TPSA) is 87.6 Å². The van der Waals surface area contributed by atoms with Crippen LogP contribution in [0.1, 0.15) is 6.92 Å². The molecule has 0 spiro atoms. The maximum Gasteiger partial charge on any atom is 0.246 e. The van der Waals surface area contributed by atoms with Crippen molar-refractivity contribution in [3.05, 3.63) is 18.5 Å². The van der Waals surface area contributed by atoms with Crippen LogP contribution in [0.3, 0.4) is 0 Å². The summed E-state index contributed by atoms with van der Waals surface area (Å²) >= 11 is 0. The molecule has 1 aromatic rings. The van der Waals surface area contributed by atoms with E-state index in [0.717, 1.165) is 0 Å². The summed E-state index contributed by atoms with van der Waals surface area (Å²) in [6.45, 7) is 3.63. The first-order valence-corrected chi connectivity index (χ1v) is 6.74. The second-order valence-corrected chi connectivity index (χ2v) is 4.71. The van der Waals surface area contributed by atoms with Crippen molar-refractivity contribution in [2.75, 3.05) is 37.8 Å². The number of aromatic nitrogens is 2. The number of aliphatic hydroxyl groups is 1. The number of carbonyl (C=O) groups is 1. The highest BCUT2D eigenvalue weighted by Gasteiger charge is 2.34. The lowest BCUT2D eigenvalue weighted by molar-refractivity contribution is -0.126. The summed E-state index contributed by atoms with van der Waals surface area (Å²) in [7, 11) is 0. The third-order valence-corrected chi connectivity index (χ3v) is 3.29. The summed E-state index contributed by atoms with van der Waals surface area (Å²) in [5.41, 5.74) is 0. The first-order valence-electron chi connectivity index (χ1n) is 6.74. The maximum absolute atomic E-state index is 11.7. The average molecular weight is 280 g/mol. The van der Waals surface area contributed by atoms with Gasteiger partial charge >= 0.3 is 0 Å². The number of nitrogens with zero attached hydrogens (tertiary/aromatic N) is 3. The van der Waals surface area contributed by atoms with Crippen molar-refractivity contribution < 1.29 is 14.6 Å². The summed E-state index contributed by atoms with van der Waals surface area (Å²) in [5, 5.41) is 12.3. The minimum atomic E-state index is -0.161. The van der Waals surface area contributed by atoms with E-state index in [1.54, 1.807) is 18.5 Å². The summed E-state index contributed by atoms with van der Waals surface area (Å²) in [6.07, 6.45) is 3.36. The Hall–Kier alpha value is -1.73. The van der Waals surface area contributed by atoms with E-state index in [9.17, 15) is 9.90 Å². The van der Waals surface area contributed by atoms with Gasteiger partial charge in [-0.1, -0.05) is 0 Å². The summed E-state index contributed by atoms with van der Waals surface area (Å²) < 4.78 is 5.07. The Morgan fingerprint density at radius 1 is 1.50 bits per heavy atom. The number of carbonyl (C=O) groups excluding carboxylic acids is 1. The van der Waals surface area contributed by atoms with E-state index in [1.165, 1.54) is 0 Å². The van der Waals surface area contributed by atoms with Crippen LogP contribution >= 0.6 is 0 Å². The predicted octanol–water partition coefficient (Wildman–Crippen LogP) is -0.574. The number of aliphatic hydroxyl groups excluding tert-OH is 1. The Balaban J connectivity index is 1.94. The maximum atomic E-state index is 11.7. The Labute approximate surface area is 118 Å². The normalized spacial score (nSPS) is 22.0. The molecular weight excluding hydrogens is 260 g/mol. The van der Waals surface area contributed by atoms with Gasteiger partial charge < -0.3 is 20.1 Å². The number of amides is 1. The first-order chi connectivity index (χ1) is 9.74. The summed E-state index contributed by atoms with van der Waals surface area (Å²) in [5.74, 6) is 0.433. The van der Waals surface area contributed by atoms with Crippen molar-refractivity contribution >= 4 is 11.9 Å². The van der Waals surface area contributed by atoms with Crippen LogP contribution in [0.5, 0.6) is 0 Å². The molecule has 2 rings (SSSR count). The molecule has 20 heavy (non-hydrogen) atoms. The van der Waals surface area contributed by atoms with Crippen LogP contribution in [0.25, 0.3) is 0 Å². The van der Waals surface area contributed by atoms with Crippen molar-refractivity contribution in [2.45, 2.75) is 13.0 Å². The van der Waals surface area contributed by atoms with Crippen molar-refractivity contribution in [3.8, 4) is 0 Å². The van der Waals surface area contributed by atoms with Crippen LogP contribution in [0, 0.1) is 5.92 Å². The molecule has 0 saturated carbocycles. The zero-order valence-corrected chi connectivity index (χ0v) is 11.5. The highest BCUT2D eigenvalue weighted by Crippen LogP contribution is 2.20. The molecule has 0 aromatic carbocycles. The van der Waals surface area contributed by atoms with E-state index < -0.39 is 0 Å². The molecule has 1 saturated heterocycles. The molecule has 0 unspecified atom stereocenters. The Bertz CT molecular complexity index is 429. The van der Waals surface area contributed by atoms with Crippen LogP contribution in [0.2, 0.25) is 0 Å². The van der Waals surface area contributed by atoms with Crippen LogP contribution in [-0.2, 0) is 9.53 Å². The smallest absolute Gasteiger partial charge is 0.246 e. The molecule has 2 atom stereocenters. The van der Waals surface area contributed by atoms with E-state index in [1.807, 2.05) is 11.8 Å². The second kappa shape index (κ2) is 7.16. The molecular formula is C13H20N4O3. The van der Waals surface area contributed by atoms with E-state index in [2.05, 4.69) is 15.3 Å². The largest absolute Gasteiger partial charge is 0.396 e. The van der Waals surface area contributed by atoms with Gasteiger partial charge in [0.25, 0.3) is 0 Å². The number of hydrogen-bond acceptors (Lipinski definition) is 6. The Kier molecular flexibility index (Phi) is 5.25. The number of hydrogen-bond donors (Lipinski definition) is 2. The fourth-order valence-electron chi connectivity index (χ4n) is 2.28. The lowest BCUT2D eigenvalue weighted by Gasteiger charge is -2.17. The fraction of sp³-hybridized carbons (Fsp3) is 0.615. The molecule has 7 nitrogen and oxygen atoms in total. The van der Waals surface area contributed by atoms with Gasteiger partial charge in [-0.25, -0.2) is 9.97 Å². The van der Waals surface area contributed by atoms with Gasteiger partial charge in [-0.2, -0.15) is 0 Å². The van der Waals surface area contributed by atoms with Crippen LogP contribution in [0.4, 0.5) is 5.95 Å². The summed E-state index contributed by atoms with van der Waals surface area (Å²) in [6, 6.07) is 1.64. The van der Waals surface area contributed by atoms with E-state index >= 15 is 0 Å². The van der Waals surface area contributed by atoms with Crippen molar-refractivity contribution in [1.82, 2.24) is 15.3 Å². The predicted molar refractivity (Wildman–Crippen MR) is 73.2 cm³/mol. The van der Waals surface area contributed by atoms with Gasteiger partial charge in [-0.05, 0) is 13.0 Å². The standard InChI is InChI=1S/C13H20N4O3/c1-2-20-9-12(19)16-11-7-17(6-10(11)8-18)13-14-4-3-5-15-13/h3-5,10-11,18H,2,6-9H2,1H3,(H,16,19)/t10-,11+/m0/s1. The van der Waals surface area contributed by atoms with Crippen LogP contribution in [0.15, 0.2) is 18.5 Å². The lowest BCUT2D eigenvalue weighted by Crippen LogP contribution is -2.43. The molecule has 110 valence electrons. The van der Waals surface area contributed by atoms with Gasteiger partial charge in [0.1, 0.15) is 6.61 Å². The summed E-state index contributed by atoms with van der Waals surface area (Å²) in [4.78, 5) is 22.0. The second-order valence-electron chi connectivity index (χ2n) is 4.71. The van der Waals surface area contributed by atoms with E-state index in [4.69, 9.17) is 4.74 Å². The zero-order valence-electron chi connectivity index (χ0n) is 11.5. The number of anilines is 1. The fourth-order valence-corrected chi connectivity index (χ4v) is 2.28. The molecule has 1 aromatic heterocycles. The van der Waals surface area contributed by atoms with Crippen molar-refractivity contribution in [3.63, 3.8) is 0 Å². The minimum absolute atomic E-state index is 0.0168. The van der Waals surface area contributed by atoms with Crippen LogP contribution in [-0.4, -0.2) is 59.9 Å². The highest BCUT2D eigenvalue weighted by molar-refractivity contribution is 5.77. The van der Waals surface area contributed by atoms with Gasteiger partial charge in [0.2, 0.25) is 11.9 Å². The Morgan fingerprint density at radius 2 is 2.25 bits per heavy atom. The molecule has 2 N–H and O–H groups in total. The number of rotatable bonds is 6. The first kappa shape index (κ1) is 14.7. The van der Waals surface area contributed by atoms with Gasteiger partial charge in [0.15, 0.2) is 0 Å². The highest BCUT2D eigenvalue weighted by atomic mass is 16.5. The van der Waals surface area contributed by atoms with Gasteiger partial charge in [0.05, 0.1) is 6.04 Å². The number of ether oxygens (including phenoxy) is 1. The van der Waals surface area contributed by atoms with E-state index in [0.29, 0.717) is 25.6 Å². The van der Waals surface area contributed by atoms with Crippen molar-refractivity contribution in [2.24, 2.45) is 5.92 Å². The molecule has 1 aliphatic heterocycles. The molecule has 7 heteroatoms. The quantitative estimate of drug-likeness (QED) is 0.725. The Morgan fingerprint density at radius 3 is 2.90 bits per heavy atom. The van der Waals surface area contributed by atoms with Crippen LogP contribution < -0.4 is 10.2 Å². The monoisotopic (exact) mass is 280 g/mol. The minimum Gasteiger partial charge on any atom is -0.396 e. The molecule has 1 amide bonds. The van der Waals surface area contributed by atoms with E-state index in [-0.39, 0.29) is 31.1 Å². The third kappa shape index (κ3) is 3.64. The number of nitrogens with one attached hydrogen (secondary N) is 1. The van der Waals surface area contributed by atoms with Gasteiger partial charge in [-0.15, -0.1) is 0 Å². The molecule has 0 radical (unpaired) electrons. The zero-order chi connectivity index (χ0) is 14.4. The molecule has 1 aliphatic rings. The third-order valence-electron chi connectivity index (χ3n) is 3.29. The SMILES string of the molecule is CCOCC(=O)N[C@@H]1CN(c2ncccn2)C[C@H]1CO. The lowest BCUT2D eigenvalue weighted by atomic mass is 10.1. The molecule has 2 heterocycles. The average Bonchev–Trinajstić information content (AvgIpc) is 2.89. The molecule has 0 aliphatic carbocycles. The van der Waals surface area contributed by atoms with Gasteiger partial charge in [-0.3, -0.25) is 4.79 Å². The van der Waals surface area contributed by atoms with Crippen molar-refractivity contribution in [1.29, 1.82) is 0 Å². The molecule has 0 bridgehead atoms. The molecule has 1 fully saturated rings.